The van der Waals surface area contributed by atoms with Gasteiger partial charge in [0.05, 0.1) is 19.9 Å². The van der Waals surface area contributed by atoms with Gasteiger partial charge in [-0.3, -0.25) is 10.1 Å². The van der Waals surface area contributed by atoms with Crippen molar-refractivity contribution in [2.24, 2.45) is 0 Å². The number of para-hydroxylation sites is 1. The van der Waals surface area contributed by atoms with Gasteiger partial charge < -0.3 is 19.3 Å². The van der Waals surface area contributed by atoms with Crippen LogP contribution in [0.1, 0.15) is 10.4 Å². The monoisotopic (exact) mass is 414 g/mol. The van der Waals surface area contributed by atoms with Gasteiger partial charge in [-0.1, -0.05) is 12.1 Å². The van der Waals surface area contributed by atoms with E-state index in [-0.39, 0.29) is 11.3 Å². The van der Waals surface area contributed by atoms with E-state index in [2.05, 4.69) is 10.3 Å². The predicted octanol–water partition coefficient (Wildman–Crippen LogP) is 3.33. The predicted molar refractivity (Wildman–Crippen MR) is 108 cm³/mol. The van der Waals surface area contributed by atoms with Gasteiger partial charge in [0.2, 0.25) is 0 Å². The van der Waals surface area contributed by atoms with Crippen molar-refractivity contribution in [1.29, 1.82) is 0 Å². The highest BCUT2D eigenvalue weighted by Crippen LogP contribution is 2.34. The summed E-state index contributed by atoms with van der Waals surface area (Å²) in [7, 11) is 3.11. The van der Waals surface area contributed by atoms with Crippen LogP contribution in [0, 0.1) is 0 Å². The number of ether oxygens (including phenoxy) is 3. The fourth-order valence-electron chi connectivity index (χ4n) is 2.48. The Morgan fingerprint density at radius 3 is 2.66 bits per heavy atom. The van der Waals surface area contributed by atoms with Crippen LogP contribution in [0.25, 0.3) is 11.3 Å². The second-order valence-electron chi connectivity index (χ2n) is 5.75. The number of rotatable bonds is 7. The van der Waals surface area contributed by atoms with Crippen LogP contribution in [0.5, 0.6) is 17.2 Å². The van der Waals surface area contributed by atoms with Crippen molar-refractivity contribution >= 4 is 28.3 Å². The second-order valence-corrected chi connectivity index (χ2v) is 6.60. The molecule has 1 aromatic heterocycles. The highest BCUT2D eigenvalue weighted by molar-refractivity contribution is 7.14. The molecule has 0 radical (unpaired) electrons. The van der Waals surface area contributed by atoms with Gasteiger partial charge in [-0.2, -0.15) is 0 Å². The SMILES string of the molecule is COc1ccc(-c2csc(NC(=O)COC(=O)c3ccccc3O)n2)c(OC)c1. The van der Waals surface area contributed by atoms with E-state index in [4.69, 9.17) is 14.2 Å². The molecular formula is C20H18N2O6S. The molecule has 0 saturated carbocycles. The number of hydrogen-bond acceptors (Lipinski definition) is 8. The molecule has 29 heavy (non-hydrogen) atoms. The molecule has 0 bridgehead atoms. The van der Waals surface area contributed by atoms with Crippen LogP contribution >= 0.6 is 11.3 Å². The number of phenolic OH excluding ortho intramolecular Hbond substituents is 1. The van der Waals surface area contributed by atoms with Gasteiger partial charge in [0.25, 0.3) is 5.91 Å². The van der Waals surface area contributed by atoms with E-state index < -0.39 is 18.5 Å². The fraction of sp³-hybridized carbons (Fsp3) is 0.150. The third-order valence-electron chi connectivity index (χ3n) is 3.89. The first-order chi connectivity index (χ1) is 14.0. The summed E-state index contributed by atoms with van der Waals surface area (Å²) in [4.78, 5) is 28.4. The summed E-state index contributed by atoms with van der Waals surface area (Å²) in [6.45, 7) is -0.506. The normalized spacial score (nSPS) is 10.3. The van der Waals surface area contributed by atoms with Crippen LogP contribution in [0.15, 0.2) is 47.8 Å². The highest BCUT2D eigenvalue weighted by Gasteiger charge is 2.16. The van der Waals surface area contributed by atoms with Gasteiger partial charge in [0.1, 0.15) is 22.8 Å². The molecule has 0 aliphatic rings. The smallest absolute Gasteiger partial charge is 0.342 e. The van der Waals surface area contributed by atoms with Crippen molar-refractivity contribution in [1.82, 2.24) is 4.98 Å². The summed E-state index contributed by atoms with van der Waals surface area (Å²) < 4.78 is 15.5. The number of phenols is 1. The molecule has 9 heteroatoms. The minimum atomic E-state index is -0.791. The standard InChI is InChI=1S/C20H18N2O6S/c1-26-12-7-8-13(17(9-12)27-2)15-11-29-20(21-15)22-18(24)10-28-19(25)14-5-3-4-6-16(14)23/h3-9,11,23H,10H2,1-2H3,(H,21,22,24). The fourth-order valence-corrected chi connectivity index (χ4v) is 3.20. The topological polar surface area (TPSA) is 107 Å². The number of methoxy groups -OCH3 is 2. The van der Waals surface area contributed by atoms with Crippen LogP contribution in [0.4, 0.5) is 5.13 Å². The van der Waals surface area contributed by atoms with Crippen molar-refractivity contribution in [3.05, 3.63) is 53.4 Å². The maximum absolute atomic E-state index is 12.1. The van der Waals surface area contributed by atoms with E-state index in [1.165, 1.54) is 23.5 Å². The lowest BCUT2D eigenvalue weighted by Gasteiger charge is -2.08. The molecule has 3 rings (SSSR count). The summed E-state index contributed by atoms with van der Waals surface area (Å²) in [5.41, 5.74) is 1.36. The maximum Gasteiger partial charge on any atom is 0.342 e. The third kappa shape index (κ3) is 4.82. The van der Waals surface area contributed by atoms with Crippen LogP contribution in [0.2, 0.25) is 0 Å². The van der Waals surface area contributed by atoms with Gasteiger partial charge in [0.15, 0.2) is 11.7 Å². The van der Waals surface area contributed by atoms with Crippen molar-refractivity contribution in [2.45, 2.75) is 0 Å². The summed E-state index contributed by atoms with van der Waals surface area (Å²) in [5, 5.41) is 14.3. The molecule has 0 unspecified atom stereocenters. The van der Waals surface area contributed by atoms with E-state index in [1.807, 2.05) is 6.07 Å². The molecule has 3 aromatic rings. The maximum atomic E-state index is 12.1. The average molecular weight is 414 g/mol. The molecule has 8 nitrogen and oxygen atoms in total. The first kappa shape index (κ1) is 20.2. The van der Waals surface area contributed by atoms with Gasteiger partial charge >= 0.3 is 5.97 Å². The molecule has 0 spiro atoms. The third-order valence-corrected chi connectivity index (χ3v) is 4.65. The number of aromatic nitrogens is 1. The lowest BCUT2D eigenvalue weighted by Crippen LogP contribution is -2.20. The quantitative estimate of drug-likeness (QED) is 0.571. The van der Waals surface area contributed by atoms with Crippen LogP contribution < -0.4 is 14.8 Å². The van der Waals surface area contributed by atoms with Gasteiger partial charge in [-0.05, 0) is 24.3 Å². The van der Waals surface area contributed by atoms with Crippen molar-refractivity contribution in [2.75, 3.05) is 26.1 Å². The number of carbonyl (C=O) groups excluding carboxylic acids is 2. The number of nitrogens with zero attached hydrogens (tertiary/aromatic N) is 1. The van der Waals surface area contributed by atoms with Crippen molar-refractivity contribution < 1.29 is 28.9 Å². The van der Waals surface area contributed by atoms with Crippen LogP contribution in [0.3, 0.4) is 0 Å². The van der Waals surface area contributed by atoms with Crippen molar-refractivity contribution in [3.8, 4) is 28.5 Å². The van der Waals surface area contributed by atoms with Crippen LogP contribution in [-0.4, -0.2) is 42.8 Å². The molecule has 150 valence electrons. The number of benzene rings is 2. The van der Waals surface area contributed by atoms with E-state index in [0.717, 1.165) is 5.56 Å². The number of thiazole rings is 1. The molecule has 0 saturated heterocycles. The lowest BCUT2D eigenvalue weighted by molar-refractivity contribution is -0.119. The molecule has 0 aliphatic heterocycles. The molecular weight excluding hydrogens is 396 g/mol. The number of anilines is 1. The summed E-state index contributed by atoms with van der Waals surface area (Å²) in [6.07, 6.45) is 0. The molecule has 1 heterocycles. The zero-order chi connectivity index (χ0) is 20.8. The zero-order valence-electron chi connectivity index (χ0n) is 15.7. The van der Waals surface area contributed by atoms with E-state index in [1.54, 1.807) is 43.9 Å². The van der Waals surface area contributed by atoms with Gasteiger partial charge in [-0.15, -0.1) is 11.3 Å². The summed E-state index contributed by atoms with van der Waals surface area (Å²) >= 11 is 1.22. The molecule has 0 fully saturated rings. The summed E-state index contributed by atoms with van der Waals surface area (Å²) in [5.74, 6) is -0.307. The number of amides is 1. The van der Waals surface area contributed by atoms with Gasteiger partial charge in [-0.25, -0.2) is 9.78 Å². The lowest BCUT2D eigenvalue weighted by atomic mass is 10.1. The molecule has 2 aromatic carbocycles. The Kier molecular flexibility index (Phi) is 6.30. The molecule has 0 atom stereocenters. The second kappa shape index (κ2) is 9.07. The Hall–Kier alpha value is -3.59. The van der Waals surface area contributed by atoms with E-state index in [0.29, 0.717) is 22.3 Å². The molecule has 2 N–H and O–H groups in total. The highest BCUT2D eigenvalue weighted by atomic mass is 32.1. The molecule has 1 amide bonds. The Bertz CT molecular complexity index is 1030. The number of aromatic hydroxyl groups is 1. The zero-order valence-corrected chi connectivity index (χ0v) is 16.5. The first-order valence-electron chi connectivity index (χ1n) is 8.44. The minimum absolute atomic E-state index is 0.0107. The number of hydrogen-bond donors (Lipinski definition) is 2. The Morgan fingerprint density at radius 2 is 1.93 bits per heavy atom. The van der Waals surface area contributed by atoms with Crippen molar-refractivity contribution in [3.63, 3.8) is 0 Å². The average Bonchev–Trinajstić information content (AvgIpc) is 3.19. The minimum Gasteiger partial charge on any atom is -0.507 e. The molecule has 0 aliphatic carbocycles. The first-order valence-corrected chi connectivity index (χ1v) is 9.32. The number of carbonyl (C=O) groups is 2. The summed E-state index contributed by atoms with van der Waals surface area (Å²) in [6, 6.07) is 11.3. The Morgan fingerprint density at radius 1 is 1.14 bits per heavy atom. The Balaban J connectivity index is 1.62. The van der Waals surface area contributed by atoms with E-state index in [9.17, 15) is 14.7 Å². The number of esters is 1. The van der Waals surface area contributed by atoms with Gasteiger partial charge in [0, 0.05) is 17.0 Å². The Labute approximate surface area is 170 Å². The largest absolute Gasteiger partial charge is 0.507 e. The van der Waals surface area contributed by atoms with Crippen LogP contribution in [-0.2, 0) is 9.53 Å². The number of nitrogens with one attached hydrogen (secondary N) is 1. The van der Waals surface area contributed by atoms with E-state index >= 15 is 0 Å².